The Morgan fingerprint density at radius 2 is 1.55 bits per heavy atom. The SMILES string of the molecule is CC(=O)NCCC(=O)Nc1ccccc1-n1ccc(C(=O)N2CCN(C(=O)O)C[C@H]2Cc2ccccc2)c1-c1ccccc1. The fourth-order valence-corrected chi connectivity index (χ4v) is 5.56. The number of carboxylic acid groups (broad SMARTS) is 1. The molecule has 3 N–H and O–H groups in total. The second-order valence-corrected chi connectivity index (χ2v) is 10.7. The minimum atomic E-state index is -0.998. The van der Waals surface area contributed by atoms with Crippen LogP contribution in [0.3, 0.4) is 0 Å². The van der Waals surface area contributed by atoms with Gasteiger partial charge in [-0.15, -0.1) is 0 Å². The number of para-hydroxylation sites is 2. The van der Waals surface area contributed by atoms with Crippen LogP contribution in [0, 0.1) is 0 Å². The lowest BCUT2D eigenvalue weighted by Gasteiger charge is -2.40. The summed E-state index contributed by atoms with van der Waals surface area (Å²) < 4.78 is 1.89. The van der Waals surface area contributed by atoms with E-state index in [0.29, 0.717) is 29.1 Å². The van der Waals surface area contributed by atoms with Crippen molar-refractivity contribution in [2.75, 3.05) is 31.5 Å². The van der Waals surface area contributed by atoms with Gasteiger partial charge < -0.3 is 30.1 Å². The van der Waals surface area contributed by atoms with Crippen LogP contribution in [0.1, 0.15) is 29.3 Å². The molecule has 0 unspecified atom stereocenters. The monoisotopic (exact) mass is 593 g/mol. The van der Waals surface area contributed by atoms with Gasteiger partial charge in [-0.2, -0.15) is 0 Å². The van der Waals surface area contributed by atoms with Crippen molar-refractivity contribution >= 4 is 29.5 Å². The Morgan fingerprint density at radius 1 is 0.864 bits per heavy atom. The van der Waals surface area contributed by atoms with Gasteiger partial charge in [-0.1, -0.05) is 72.8 Å². The molecule has 0 aliphatic carbocycles. The van der Waals surface area contributed by atoms with Gasteiger partial charge in [0.25, 0.3) is 5.91 Å². The maximum Gasteiger partial charge on any atom is 0.407 e. The molecule has 1 aliphatic heterocycles. The first kappa shape index (κ1) is 30.1. The summed E-state index contributed by atoms with van der Waals surface area (Å²) in [7, 11) is 0. The highest BCUT2D eigenvalue weighted by Crippen LogP contribution is 2.33. The van der Waals surface area contributed by atoms with Crippen molar-refractivity contribution in [3.63, 3.8) is 0 Å². The van der Waals surface area contributed by atoms with E-state index in [1.54, 1.807) is 17.0 Å². The Hall–Kier alpha value is -5.38. The number of amides is 4. The standard InChI is InChI=1S/C34H35N5O5/c1-24(40)35-18-16-31(41)36-29-14-8-9-15-30(29)39-19-17-28(32(39)26-12-6-3-7-13-26)33(42)38-21-20-37(34(43)44)23-27(38)22-25-10-4-2-5-11-25/h2-15,17,19,27H,16,18,20-23H2,1H3,(H,35,40)(H,36,41)(H,43,44)/t27-/m1/s1. The molecule has 5 rings (SSSR count). The number of piperazine rings is 1. The van der Waals surface area contributed by atoms with E-state index in [1.165, 1.54) is 11.8 Å². The molecule has 0 spiro atoms. The molecule has 1 aliphatic rings. The fraction of sp³-hybridized carbons (Fsp3) is 0.235. The van der Waals surface area contributed by atoms with Gasteiger partial charge in [-0.25, -0.2) is 4.79 Å². The van der Waals surface area contributed by atoms with Crippen LogP contribution in [-0.4, -0.2) is 75.5 Å². The van der Waals surface area contributed by atoms with Gasteiger partial charge in [0.15, 0.2) is 0 Å². The average Bonchev–Trinajstić information content (AvgIpc) is 3.47. The van der Waals surface area contributed by atoms with Gasteiger partial charge in [0, 0.05) is 45.7 Å². The number of nitrogens with zero attached hydrogens (tertiary/aromatic N) is 3. The van der Waals surface area contributed by atoms with Crippen LogP contribution < -0.4 is 10.6 Å². The van der Waals surface area contributed by atoms with Crippen LogP contribution in [0.2, 0.25) is 0 Å². The fourth-order valence-electron chi connectivity index (χ4n) is 5.56. The smallest absolute Gasteiger partial charge is 0.407 e. The zero-order valence-electron chi connectivity index (χ0n) is 24.5. The minimum Gasteiger partial charge on any atom is -0.465 e. The summed E-state index contributed by atoms with van der Waals surface area (Å²) in [5.74, 6) is -0.646. The highest BCUT2D eigenvalue weighted by molar-refractivity contribution is 6.01. The molecule has 0 radical (unpaired) electrons. The van der Waals surface area contributed by atoms with E-state index < -0.39 is 6.09 Å². The highest BCUT2D eigenvalue weighted by Gasteiger charge is 2.35. The lowest BCUT2D eigenvalue weighted by molar-refractivity contribution is -0.119. The first-order valence-corrected chi connectivity index (χ1v) is 14.5. The molecule has 0 bridgehead atoms. The first-order chi connectivity index (χ1) is 21.3. The number of benzene rings is 3. The van der Waals surface area contributed by atoms with E-state index in [9.17, 15) is 24.3 Å². The molecule has 4 amide bonds. The van der Waals surface area contributed by atoms with Crippen molar-refractivity contribution in [3.05, 3.63) is 108 Å². The van der Waals surface area contributed by atoms with Crippen LogP contribution in [0.4, 0.5) is 10.5 Å². The molecular weight excluding hydrogens is 558 g/mol. The van der Waals surface area contributed by atoms with Crippen molar-refractivity contribution in [2.45, 2.75) is 25.8 Å². The third kappa shape index (κ3) is 6.97. The summed E-state index contributed by atoms with van der Waals surface area (Å²) >= 11 is 0. The molecule has 44 heavy (non-hydrogen) atoms. The third-order valence-corrected chi connectivity index (χ3v) is 7.66. The molecule has 4 aromatic rings. The van der Waals surface area contributed by atoms with Crippen LogP contribution >= 0.6 is 0 Å². The van der Waals surface area contributed by atoms with Gasteiger partial charge in [0.1, 0.15) is 0 Å². The van der Waals surface area contributed by atoms with Gasteiger partial charge >= 0.3 is 6.09 Å². The molecule has 1 aromatic heterocycles. The molecule has 0 saturated carbocycles. The van der Waals surface area contributed by atoms with Gasteiger partial charge in [-0.3, -0.25) is 14.4 Å². The van der Waals surface area contributed by atoms with Gasteiger partial charge in [-0.05, 0) is 35.7 Å². The number of hydrogen-bond acceptors (Lipinski definition) is 4. The second-order valence-electron chi connectivity index (χ2n) is 10.7. The normalized spacial score (nSPS) is 14.6. The number of rotatable bonds is 9. The minimum absolute atomic E-state index is 0.111. The zero-order valence-corrected chi connectivity index (χ0v) is 24.5. The number of hydrogen-bond donors (Lipinski definition) is 3. The predicted molar refractivity (Wildman–Crippen MR) is 168 cm³/mol. The second kappa shape index (κ2) is 13.7. The summed E-state index contributed by atoms with van der Waals surface area (Å²) in [5.41, 5.74) is 4.21. The summed E-state index contributed by atoms with van der Waals surface area (Å²) in [6.45, 7) is 2.33. The molecule has 10 nitrogen and oxygen atoms in total. The van der Waals surface area contributed by atoms with E-state index in [-0.39, 0.29) is 56.4 Å². The van der Waals surface area contributed by atoms with E-state index in [2.05, 4.69) is 10.6 Å². The molecule has 1 saturated heterocycles. The maximum absolute atomic E-state index is 14.4. The first-order valence-electron chi connectivity index (χ1n) is 14.5. The van der Waals surface area contributed by atoms with Crippen LogP contribution in [0.15, 0.2) is 97.2 Å². The molecule has 2 heterocycles. The molecule has 10 heteroatoms. The number of aromatic nitrogens is 1. The summed E-state index contributed by atoms with van der Waals surface area (Å²) in [5, 5.41) is 15.3. The Kier molecular flexibility index (Phi) is 9.39. The lowest BCUT2D eigenvalue weighted by atomic mass is 10.00. The van der Waals surface area contributed by atoms with Crippen molar-refractivity contribution in [2.24, 2.45) is 0 Å². The molecular formula is C34H35N5O5. The van der Waals surface area contributed by atoms with Gasteiger partial charge in [0.05, 0.1) is 28.7 Å². The number of carbonyl (C=O) groups excluding carboxylic acids is 3. The van der Waals surface area contributed by atoms with Gasteiger partial charge in [0.2, 0.25) is 11.8 Å². The highest BCUT2D eigenvalue weighted by atomic mass is 16.4. The Bertz CT molecular complexity index is 1640. The molecule has 1 fully saturated rings. The summed E-state index contributed by atoms with van der Waals surface area (Å²) in [4.78, 5) is 53.4. The Labute approximate surface area is 255 Å². The van der Waals surface area contributed by atoms with Crippen LogP contribution in [-0.2, 0) is 16.0 Å². The summed E-state index contributed by atoms with van der Waals surface area (Å²) in [6, 6.07) is 28.1. The lowest BCUT2D eigenvalue weighted by Crippen LogP contribution is -2.57. The van der Waals surface area contributed by atoms with Crippen molar-refractivity contribution in [1.82, 2.24) is 19.7 Å². The molecule has 1 atom stereocenters. The van der Waals surface area contributed by atoms with E-state index in [0.717, 1.165) is 11.1 Å². The largest absolute Gasteiger partial charge is 0.465 e. The van der Waals surface area contributed by atoms with Crippen molar-refractivity contribution in [3.8, 4) is 16.9 Å². The quantitative estimate of drug-likeness (QED) is 0.261. The Morgan fingerprint density at radius 3 is 2.25 bits per heavy atom. The third-order valence-electron chi connectivity index (χ3n) is 7.66. The molecule has 226 valence electrons. The molecule has 3 aromatic carbocycles. The maximum atomic E-state index is 14.4. The summed E-state index contributed by atoms with van der Waals surface area (Å²) in [6.07, 6.45) is 1.45. The van der Waals surface area contributed by atoms with Crippen LogP contribution in [0.25, 0.3) is 16.9 Å². The number of carbonyl (C=O) groups is 4. The van der Waals surface area contributed by atoms with E-state index in [1.807, 2.05) is 89.6 Å². The van der Waals surface area contributed by atoms with Crippen molar-refractivity contribution < 1.29 is 24.3 Å². The number of anilines is 1. The van der Waals surface area contributed by atoms with Crippen molar-refractivity contribution in [1.29, 1.82) is 0 Å². The topological polar surface area (TPSA) is 124 Å². The average molecular weight is 594 g/mol. The predicted octanol–water partition coefficient (Wildman–Crippen LogP) is 4.66. The Balaban J connectivity index is 1.51. The van der Waals surface area contributed by atoms with Crippen LogP contribution in [0.5, 0.6) is 0 Å². The van der Waals surface area contributed by atoms with E-state index >= 15 is 0 Å². The zero-order chi connectivity index (χ0) is 31.1. The number of nitrogens with one attached hydrogen (secondary N) is 2. The van der Waals surface area contributed by atoms with E-state index in [4.69, 9.17) is 0 Å².